The Hall–Kier alpha value is -2.29. The predicted molar refractivity (Wildman–Crippen MR) is 97.6 cm³/mol. The minimum absolute atomic E-state index is 0.250. The highest BCUT2D eigenvalue weighted by atomic mass is 32.1. The van der Waals surface area contributed by atoms with Gasteiger partial charge in [0.2, 0.25) is 0 Å². The number of aromatic nitrogens is 2. The van der Waals surface area contributed by atoms with Gasteiger partial charge in [-0.25, -0.2) is 4.79 Å². The lowest BCUT2D eigenvalue weighted by atomic mass is 9.95. The quantitative estimate of drug-likeness (QED) is 0.732. The van der Waals surface area contributed by atoms with Crippen LogP contribution in [-0.2, 0) is 17.6 Å². The van der Waals surface area contributed by atoms with Crippen LogP contribution >= 0.6 is 11.3 Å². The number of hydrogen-bond donors (Lipinski definition) is 1. The molecule has 0 fully saturated rings. The molecule has 1 N–H and O–H groups in total. The minimum Gasteiger partial charge on any atom is -0.459 e. The van der Waals surface area contributed by atoms with E-state index in [0.29, 0.717) is 21.7 Å². The number of thiophene rings is 1. The first-order valence-corrected chi connectivity index (χ1v) is 9.72. The molecule has 0 aromatic carbocycles. The van der Waals surface area contributed by atoms with Crippen molar-refractivity contribution in [2.45, 2.75) is 58.6 Å². The van der Waals surface area contributed by atoms with E-state index >= 15 is 0 Å². The van der Waals surface area contributed by atoms with Crippen molar-refractivity contribution in [2.75, 3.05) is 5.32 Å². The zero-order valence-corrected chi connectivity index (χ0v) is 15.9. The number of esters is 1. The number of nitrogens with zero attached hydrogens (tertiary/aromatic N) is 2. The Morgan fingerprint density at radius 3 is 2.81 bits per heavy atom. The molecule has 146 valence electrons. The summed E-state index contributed by atoms with van der Waals surface area (Å²) in [5.74, 6) is -1.22. The van der Waals surface area contributed by atoms with Crippen LogP contribution < -0.4 is 5.32 Å². The molecule has 2 aromatic rings. The fourth-order valence-electron chi connectivity index (χ4n) is 3.01. The van der Waals surface area contributed by atoms with E-state index in [0.717, 1.165) is 42.3 Å². The summed E-state index contributed by atoms with van der Waals surface area (Å²) in [6.45, 7) is 0.790. The van der Waals surface area contributed by atoms with Gasteiger partial charge in [-0.05, 0) is 50.7 Å². The number of carbonyl (C=O) groups is 2. The van der Waals surface area contributed by atoms with Gasteiger partial charge in [-0.15, -0.1) is 11.3 Å². The fraction of sp³-hybridized carbons (Fsp3) is 0.500. The summed E-state index contributed by atoms with van der Waals surface area (Å²) in [6.07, 6.45) is 5.10. The molecule has 6 nitrogen and oxygen atoms in total. The molecule has 3 rings (SSSR count). The van der Waals surface area contributed by atoms with Gasteiger partial charge in [0, 0.05) is 11.1 Å². The normalized spacial score (nSPS) is 14.7. The third-order valence-corrected chi connectivity index (χ3v) is 5.78. The molecule has 0 saturated carbocycles. The second kappa shape index (κ2) is 8.16. The first kappa shape index (κ1) is 19.5. The van der Waals surface area contributed by atoms with E-state index < -0.39 is 18.4 Å². The van der Waals surface area contributed by atoms with Crippen molar-refractivity contribution in [2.24, 2.45) is 0 Å². The zero-order chi connectivity index (χ0) is 19.6. The highest BCUT2D eigenvalue weighted by molar-refractivity contribution is 7.17. The van der Waals surface area contributed by atoms with Crippen LogP contribution in [0.15, 0.2) is 12.3 Å². The Morgan fingerprint density at radius 1 is 1.37 bits per heavy atom. The van der Waals surface area contributed by atoms with Gasteiger partial charge in [0.25, 0.3) is 5.91 Å². The molecule has 1 amide bonds. The number of nitrogens with one attached hydrogen (secondary N) is 1. The molecular weight excluding hydrogens is 376 g/mol. The third kappa shape index (κ3) is 4.02. The lowest BCUT2D eigenvalue weighted by Gasteiger charge is -2.15. The van der Waals surface area contributed by atoms with Gasteiger partial charge in [0.15, 0.2) is 0 Å². The van der Waals surface area contributed by atoms with Gasteiger partial charge in [-0.2, -0.15) is 18.6 Å². The average Bonchev–Trinajstić information content (AvgIpc) is 3.25. The first-order valence-electron chi connectivity index (χ1n) is 8.90. The van der Waals surface area contributed by atoms with Crippen molar-refractivity contribution in [1.29, 1.82) is 0 Å². The lowest BCUT2D eigenvalue weighted by Crippen LogP contribution is -2.21. The van der Waals surface area contributed by atoms with E-state index in [1.54, 1.807) is 6.92 Å². The van der Waals surface area contributed by atoms with Crippen molar-refractivity contribution < 1.29 is 23.1 Å². The molecule has 2 aromatic heterocycles. The van der Waals surface area contributed by atoms with Crippen LogP contribution in [0.2, 0.25) is 0 Å². The molecule has 0 radical (unpaired) electrons. The molecule has 1 aliphatic carbocycles. The van der Waals surface area contributed by atoms with Crippen molar-refractivity contribution in [1.82, 2.24) is 9.78 Å². The maximum absolute atomic E-state index is 13.0. The van der Waals surface area contributed by atoms with E-state index in [1.165, 1.54) is 17.4 Å². The fourth-order valence-corrected chi connectivity index (χ4v) is 4.28. The summed E-state index contributed by atoms with van der Waals surface area (Å²) < 4.78 is 31.8. The molecule has 0 bridgehead atoms. The maximum atomic E-state index is 13.0. The van der Waals surface area contributed by atoms with E-state index in [4.69, 9.17) is 4.74 Å². The topological polar surface area (TPSA) is 73.2 Å². The molecule has 2 heterocycles. The van der Waals surface area contributed by atoms with Crippen LogP contribution in [-0.4, -0.2) is 27.8 Å². The number of fused-ring (bicyclic) bond motifs is 1. The molecule has 1 atom stereocenters. The molecule has 27 heavy (non-hydrogen) atoms. The summed E-state index contributed by atoms with van der Waals surface area (Å²) in [7, 11) is 0. The third-order valence-electron chi connectivity index (χ3n) is 4.57. The maximum Gasteiger partial charge on any atom is 0.341 e. The zero-order valence-electron chi connectivity index (χ0n) is 15.1. The number of ether oxygens (including phenoxy) is 1. The van der Waals surface area contributed by atoms with Gasteiger partial charge in [0.05, 0.1) is 11.7 Å². The van der Waals surface area contributed by atoms with Crippen molar-refractivity contribution in [3.63, 3.8) is 0 Å². The Bertz CT molecular complexity index is 847. The molecule has 0 spiro atoms. The largest absolute Gasteiger partial charge is 0.459 e. The summed E-state index contributed by atoms with van der Waals surface area (Å²) in [5.41, 5.74) is 0.987. The Labute approximate surface area is 159 Å². The van der Waals surface area contributed by atoms with E-state index in [1.807, 2.05) is 6.92 Å². The number of rotatable bonds is 6. The molecule has 0 aliphatic heterocycles. The second-order valence-electron chi connectivity index (χ2n) is 6.43. The Morgan fingerprint density at radius 2 is 2.11 bits per heavy atom. The second-order valence-corrected chi connectivity index (χ2v) is 7.54. The minimum atomic E-state index is -2.92. The summed E-state index contributed by atoms with van der Waals surface area (Å²) >= 11 is 1.31. The van der Waals surface area contributed by atoms with Crippen LogP contribution in [0.4, 0.5) is 13.8 Å². The van der Waals surface area contributed by atoms with Crippen LogP contribution in [0.25, 0.3) is 0 Å². The number of hydrogen-bond acceptors (Lipinski definition) is 5. The van der Waals surface area contributed by atoms with Crippen LogP contribution in [0.1, 0.15) is 70.9 Å². The highest BCUT2D eigenvalue weighted by Gasteiger charge is 2.29. The number of aryl methyl sites for hydroxylation is 1. The number of carbonyl (C=O) groups excluding carboxylic acids is 2. The van der Waals surface area contributed by atoms with E-state index in [-0.39, 0.29) is 11.8 Å². The van der Waals surface area contributed by atoms with Crippen LogP contribution in [0, 0.1) is 0 Å². The van der Waals surface area contributed by atoms with Crippen molar-refractivity contribution in [3.05, 3.63) is 34.0 Å². The van der Waals surface area contributed by atoms with Crippen LogP contribution in [0.5, 0.6) is 0 Å². The number of amides is 1. The summed E-state index contributed by atoms with van der Waals surface area (Å²) in [6, 6.07) is 1.21. The smallest absolute Gasteiger partial charge is 0.341 e. The number of anilines is 1. The molecule has 0 saturated heterocycles. The number of alkyl halides is 2. The molecule has 1 aliphatic rings. The van der Waals surface area contributed by atoms with Crippen LogP contribution in [0.3, 0.4) is 0 Å². The highest BCUT2D eigenvalue weighted by Crippen LogP contribution is 2.39. The lowest BCUT2D eigenvalue weighted by molar-refractivity contribution is 0.0334. The standard InChI is InChI=1S/C18H21F2N3O3S/c1-3-10(2)26-17(25)14-11-6-4-5-7-13(11)27-16(14)22-15(24)12-8-9-21-23(12)18(19)20/h8-10,18H,3-7H2,1-2H3,(H,22,24). The van der Waals surface area contributed by atoms with E-state index in [9.17, 15) is 18.4 Å². The Kier molecular flexibility index (Phi) is 5.88. The van der Waals surface area contributed by atoms with Gasteiger partial charge in [0.1, 0.15) is 10.7 Å². The van der Waals surface area contributed by atoms with Gasteiger partial charge in [-0.3, -0.25) is 4.79 Å². The Balaban J connectivity index is 1.92. The molecule has 9 heteroatoms. The van der Waals surface area contributed by atoms with Crippen molar-refractivity contribution >= 4 is 28.2 Å². The SMILES string of the molecule is CCC(C)OC(=O)c1c(NC(=O)c2ccnn2C(F)F)sc2c1CCCC2. The summed E-state index contributed by atoms with van der Waals surface area (Å²) in [5, 5.41) is 6.44. The van der Waals surface area contributed by atoms with E-state index in [2.05, 4.69) is 10.4 Å². The monoisotopic (exact) mass is 397 g/mol. The van der Waals surface area contributed by atoms with Gasteiger partial charge >= 0.3 is 12.5 Å². The van der Waals surface area contributed by atoms with Gasteiger partial charge in [-0.1, -0.05) is 6.92 Å². The predicted octanol–water partition coefficient (Wildman–Crippen LogP) is 4.43. The first-order chi connectivity index (χ1) is 12.9. The summed E-state index contributed by atoms with van der Waals surface area (Å²) in [4.78, 5) is 26.3. The van der Waals surface area contributed by atoms with Gasteiger partial charge < -0.3 is 10.1 Å². The molecule has 1 unspecified atom stereocenters. The van der Waals surface area contributed by atoms with Crippen molar-refractivity contribution in [3.8, 4) is 0 Å². The number of halogens is 2. The molecular formula is C18H21F2N3O3S. The average molecular weight is 397 g/mol.